The zero-order valence-corrected chi connectivity index (χ0v) is 15.0. The Morgan fingerprint density at radius 2 is 2.08 bits per heavy atom. The number of benzene rings is 2. The summed E-state index contributed by atoms with van der Waals surface area (Å²) in [5.74, 6) is 1.48. The second-order valence-corrected chi connectivity index (χ2v) is 7.19. The summed E-state index contributed by atoms with van der Waals surface area (Å²) in [6.07, 6.45) is 0.801. The first kappa shape index (κ1) is 16.7. The lowest BCUT2D eigenvalue weighted by Gasteiger charge is -2.12. The van der Waals surface area contributed by atoms with E-state index in [1.807, 2.05) is 47.8 Å². The van der Waals surface area contributed by atoms with Gasteiger partial charge in [0, 0.05) is 16.9 Å². The van der Waals surface area contributed by atoms with Crippen LogP contribution in [0.3, 0.4) is 0 Å². The summed E-state index contributed by atoms with van der Waals surface area (Å²) in [5.41, 5.74) is 1.78. The lowest BCUT2D eigenvalue weighted by atomic mass is 10.1. The number of hydrogen-bond donors (Lipinski definition) is 1. The monoisotopic (exact) mass is 365 g/mol. The molecule has 26 heavy (non-hydrogen) atoms. The molecule has 1 aliphatic rings. The third kappa shape index (κ3) is 3.89. The minimum Gasteiger partial charge on any atom is -0.488 e. The summed E-state index contributed by atoms with van der Waals surface area (Å²) < 4.78 is 11.6. The standard InChI is InChI=1S/C21H19NO3S/c23-21(22-13-18-11-15-5-1-2-9-20(15)25-18)16-6-3-7-17(12-16)24-14-19-8-4-10-26-19/h1-10,12,18H,11,13-14H2,(H,22,23). The molecular formula is C21H19NO3S. The van der Waals surface area contributed by atoms with E-state index in [4.69, 9.17) is 9.47 Å². The van der Waals surface area contributed by atoms with Crippen LogP contribution < -0.4 is 14.8 Å². The number of nitrogens with one attached hydrogen (secondary N) is 1. The van der Waals surface area contributed by atoms with Gasteiger partial charge < -0.3 is 14.8 Å². The van der Waals surface area contributed by atoms with Crippen molar-refractivity contribution in [2.75, 3.05) is 6.54 Å². The Kier molecular flexibility index (Phi) is 4.88. The number of para-hydroxylation sites is 1. The van der Waals surface area contributed by atoms with E-state index in [0.29, 0.717) is 24.5 Å². The number of amides is 1. The van der Waals surface area contributed by atoms with Gasteiger partial charge in [0.25, 0.3) is 5.91 Å². The molecule has 4 nitrogen and oxygen atoms in total. The largest absolute Gasteiger partial charge is 0.488 e. The number of carbonyl (C=O) groups excluding carboxylic acids is 1. The molecule has 0 aliphatic carbocycles. The van der Waals surface area contributed by atoms with Crippen molar-refractivity contribution < 1.29 is 14.3 Å². The maximum atomic E-state index is 12.4. The van der Waals surface area contributed by atoms with Gasteiger partial charge in [-0.3, -0.25) is 4.79 Å². The third-order valence-electron chi connectivity index (χ3n) is 4.26. The fourth-order valence-corrected chi connectivity index (χ4v) is 3.57. The number of thiophene rings is 1. The van der Waals surface area contributed by atoms with Crippen molar-refractivity contribution in [3.05, 3.63) is 82.0 Å². The van der Waals surface area contributed by atoms with Gasteiger partial charge >= 0.3 is 0 Å². The smallest absolute Gasteiger partial charge is 0.251 e. The molecule has 1 aliphatic heterocycles. The van der Waals surface area contributed by atoms with Crippen molar-refractivity contribution in [1.82, 2.24) is 5.32 Å². The van der Waals surface area contributed by atoms with E-state index in [-0.39, 0.29) is 12.0 Å². The molecule has 0 saturated carbocycles. The number of rotatable bonds is 6. The zero-order chi connectivity index (χ0) is 17.8. The summed E-state index contributed by atoms with van der Waals surface area (Å²) in [6, 6.07) is 19.3. The summed E-state index contributed by atoms with van der Waals surface area (Å²) >= 11 is 1.65. The molecule has 0 saturated heterocycles. The van der Waals surface area contributed by atoms with Crippen LogP contribution in [0.5, 0.6) is 11.5 Å². The van der Waals surface area contributed by atoms with Gasteiger partial charge in [-0.1, -0.05) is 30.3 Å². The predicted octanol–water partition coefficient (Wildman–Crippen LogP) is 4.06. The van der Waals surface area contributed by atoms with Gasteiger partial charge in [-0.2, -0.15) is 0 Å². The van der Waals surface area contributed by atoms with Crippen molar-refractivity contribution in [1.29, 1.82) is 0 Å². The highest BCUT2D eigenvalue weighted by molar-refractivity contribution is 7.09. The molecule has 1 aromatic heterocycles. The van der Waals surface area contributed by atoms with Crippen molar-refractivity contribution in [2.24, 2.45) is 0 Å². The fourth-order valence-electron chi connectivity index (χ4n) is 2.95. The second kappa shape index (κ2) is 7.62. The molecule has 2 aromatic carbocycles. The minimum atomic E-state index is -0.119. The Labute approximate surface area is 156 Å². The van der Waals surface area contributed by atoms with Gasteiger partial charge in [0.15, 0.2) is 0 Å². The van der Waals surface area contributed by atoms with E-state index in [0.717, 1.165) is 17.0 Å². The SMILES string of the molecule is O=C(NCC1Cc2ccccc2O1)c1cccc(OCc2cccs2)c1. The maximum Gasteiger partial charge on any atom is 0.251 e. The first-order valence-corrected chi connectivity index (χ1v) is 9.44. The molecule has 132 valence electrons. The van der Waals surface area contributed by atoms with Crippen LogP contribution in [0.2, 0.25) is 0 Å². The van der Waals surface area contributed by atoms with E-state index in [9.17, 15) is 4.79 Å². The molecule has 0 radical (unpaired) electrons. The van der Waals surface area contributed by atoms with Gasteiger partial charge in [0.2, 0.25) is 0 Å². The molecular weight excluding hydrogens is 346 g/mol. The summed E-state index contributed by atoms with van der Waals surface area (Å²) in [5, 5.41) is 4.97. The Hall–Kier alpha value is -2.79. The van der Waals surface area contributed by atoms with Gasteiger partial charge in [-0.05, 0) is 41.3 Å². The molecule has 5 heteroatoms. The average Bonchev–Trinajstić information content (AvgIpc) is 3.33. The van der Waals surface area contributed by atoms with Crippen LogP contribution in [0.25, 0.3) is 0 Å². The lowest BCUT2D eigenvalue weighted by molar-refractivity contribution is 0.0933. The van der Waals surface area contributed by atoms with Gasteiger partial charge in [0.1, 0.15) is 24.2 Å². The van der Waals surface area contributed by atoms with E-state index in [2.05, 4.69) is 11.4 Å². The van der Waals surface area contributed by atoms with E-state index in [1.54, 1.807) is 23.5 Å². The minimum absolute atomic E-state index is 0.0189. The normalized spacial score (nSPS) is 15.2. The summed E-state index contributed by atoms with van der Waals surface area (Å²) in [6.45, 7) is 0.991. The number of carbonyl (C=O) groups is 1. The number of hydrogen-bond acceptors (Lipinski definition) is 4. The van der Waals surface area contributed by atoms with Crippen LogP contribution in [-0.4, -0.2) is 18.6 Å². The topological polar surface area (TPSA) is 47.6 Å². The molecule has 2 heterocycles. The molecule has 0 fully saturated rings. The zero-order valence-electron chi connectivity index (χ0n) is 14.2. The predicted molar refractivity (Wildman–Crippen MR) is 102 cm³/mol. The van der Waals surface area contributed by atoms with Crippen LogP contribution in [-0.2, 0) is 13.0 Å². The molecule has 3 aromatic rings. The van der Waals surface area contributed by atoms with Gasteiger partial charge in [-0.15, -0.1) is 11.3 Å². The molecule has 1 atom stereocenters. The summed E-state index contributed by atoms with van der Waals surface area (Å²) in [4.78, 5) is 13.6. The van der Waals surface area contributed by atoms with Crippen molar-refractivity contribution in [2.45, 2.75) is 19.1 Å². The Balaban J connectivity index is 1.31. The van der Waals surface area contributed by atoms with E-state index >= 15 is 0 Å². The maximum absolute atomic E-state index is 12.4. The molecule has 0 bridgehead atoms. The van der Waals surface area contributed by atoms with Crippen LogP contribution >= 0.6 is 11.3 Å². The number of ether oxygens (including phenoxy) is 2. The fraction of sp³-hybridized carbons (Fsp3) is 0.190. The van der Waals surface area contributed by atoms with Crippen LogP contribution in [0.4, 0.5) is 0 Å². The van der Waals surface area contributed by atoms with E-state index < -0.39 is 0 Å². The van der Waals surface area contributed by atoms with Crippen molar-refractivity contribution >= 4 is 17.2 Å². The molecule has 4 rings (SSSR count). The van der Waals surface area contributed by atoms with Crippen molar-refractivity contribution in [3.8, 4) is 11.5 Å². The highest BCUT2D eigenvalue weighted by Crippen LogP contribution is 2.27. The van der Waals surface area contributed by atoms with Crippen LogP contribution in [0.15, 0.2) is 66.0 Å². The highest BCUT2D eigenvalue weighted by atomic mass is 32.1. The first-order chi connectivity index (χ1) is 12.8. The average molecular weight is 365 g/mol. The van der Waals surface area contributed by atoms with Crippen LogP contribution in [0.1, 0.15) is 20.8 Å². The first-order valence-electron chi connectivity index (χ1n) is 8.56. The molecule has 0 spiro atoms. The molecule has 1 unspecified atom stereocenters. The van der Waals surface area contributed by atoms with Crippen LogP contribution in [0, 0.1) is 0 Å². The van der Waals surface area contributed by atoms with E-state index in [1.165, 1.54) is 5.56 Å². The van der Waals surface area contributed by atoms with Gasteiger partial charge in [0.05, 0.1) is 6.54 Å². The Bertz CT molecular complexity index is 867. The van der Waals surface area contributed by atoms with Gasteiger partial charge in [-0.25, -0.2) is 0 Å². The highest BCUT2D eigenvalue weighted by Gasteiger charge is 2.22. The molecule has 1 N–H and O–H groups in total. The summed E-state index contributed by atoms with van der Waals surface area (Å²) in [7, 11) is 0. The number of fused-ring (bicyclic) bond motifs is 1. The second-order valence-electron chi connectivity index (χ2n) is 6.16. The third-order valence-corrected chi connectivity index (χ3v) is 5.11. The quantitative estimate of drug-likeness (QED) is 0.717. The molecule has 1 amide bonds. The Morgan fingerprint density at radius 1 is 1.15 bits per heavy atom. The Morgan fingerprint density at radius 3 is 2.92 bits per heavy atom. The van der Waals surface area contributed by atoms with Crippen molar-refractivity contribution in [3.63, 3.8) is 0 Å². The lowest BCUT2D eigenvalue weighted by Crippen LogP contribution is -2.34.